The highest BCUT2D eigenvalue weighted by Gasteiger charge is 2.11. The molecule has 0 aromatic heterocycles. The fraction of sp³-hybridized carbons (Fsp3) is 0.517. The van der Waals surface area contributed by atoms with E-state index in [1.54, 1.807) is 48.5 Å². The first kappa shape index (κ1) is 28.2. The molecule has 2 rings (SSSR count). The Morgan fingerprint density at radius 3 is 1.97 bits per heavy atom. The molecule has 0 radical (unpaired) electrons. The second-order valence-electron chi connectivity index (χ2n) is 8.86. The van der Waals surface area contributed by atoms with Crippen LogP contribution in [-0.4, -0.2) is 25.3 Å². The first-order valence-electron chi connectivity index (χ1n) is 12.9. The van der Waals surface area contributed by atoms with Gasteiger partial charge in [-0.15, -0.1) is 0 Å². The molecule has 0 bridgehead atoms. The Hall–Kier alpha value is -3.02. The van der Waals surface area contributed by atoms with Gasteiger partial charge in [-0.05, 0) is 73.7 Å². The summed E-state index contributed by atoms with van der Waals surface area (Å²) in [6.45, 7) is 7.63. The van der Waals surface area contributed by atoms with E-state index in [1.807, 2.05) is 0 Å². The van der Waals surface area contributed by atoms with Gasteiger partial charge in [-0.3, -0.25) is 0 Å². The average Bonchev–Trinajstić information content (AvgIpc) is 2.87. The molecule has 6 nitrogen and oxygen atoms in total. The Balaban J connectivity index is 1.69. The van der Waals surface area contributed by atoms with Gasteiger partial charge in [-0.1, -0.05) is 59.3 Å². The Morgan fingerprint density at radius 2 is 1.31 bits per heavy atom. The lowest BCUT2D eigenvalue weighted by Crippen LogP contribution is -2.11. The lowest BCUT2D eigenvalue weighted by molar-refractivity contribution is 0.0733. The van der Waals surface area contributed by atoms with Gasteiger partial charge in [-0.2, -0.15) is 0 Å². The SMILES string of the molecule is CCCCCCCCOC(=O)Oc1ccc(OC(=O)c2ccc(OCCCC(C)CC)cc2)cc1. The first-order chi connectivity index (χ1) is 17.0. The molecule has 0 aliphatic carbocycles. The Bertz CT molecular complexity index is 860. The third-order valence-corrected chi connectivity index (χ3v) is 5.85. The molecule has 192 valence electrons. The number of hydrogen-bond donors (Lipinski definition) is 0. The number of rotatable bonds is 16. The molecule has 2 aromatic rings. The molecule has 0 aliphatic heterocycles. The van der Waals surface area contributed by atoms with Crippen molar-refractivity contribution >= 4 is 12.1 Å². The summed E-state index contributed by atoms with van der Waals surface area (Å²) in [4.78, 5) is 24.2. The standard InChI is InChI=1S/C29H40O6/c1-4-6-7-8-9-10-21-33-29(31)35-27-19-17-26(18-20-27)34-28(30)24-13-15-25(16-14-24)32-22-11-12-23(3)5-2/h13-20,23H,4-12,21-22H2,1-3H3. The lowest BCUT2D eigenvalue weighted by atomic mass is 10.0. The number of benzene rings is 2. The third-order valence-electron chi connectivity index (χ3n) is 5.85. The second kappa shape index (κ2) is 16.6. The maximum Gasteiger partial charge on any atom is 0.513 e. The number of unbranched alkanes of at least 4 members (excludes halogenated alkanes) is 5. The Morgan fingerprint density at radius 1 is 0.714 bits per heavy atom. The van der Waals surface area contributed by atoms with Crippen LogP contribution < -0.4 is 14.2 Å². The van der Waals surface area contributed by atoms with Crippen molar-refractivity contribution in [2.75, 3.05) is 13.2 Å². The summed E-state index contributed by atoms with van der Waals surface area (Å²) in [7, 11) is 0. The summed E-state index contributed by atoms with van der Waals surface area (Å²) < 4.78 is 21.4. The van der Waals surface area contributed by atoms with Crippen LogP contribution in [0.4, 0.5) is 4.79 Å². The van der Waals surface area contributed by atoms with Gasteiger partial charge >= 0.3 is 12.1 Å². The molecule has 0 saturated heterocycles. The normalized spacial score (nSPS) is 11.5. The fourth-order valence-corrected chi connectivity index (χ4v) is 3.42. The maximum atomic E-state index is 12.4. The molecule has 0 aliphatic rings. The van der Waals surface area contributed by atoms with E-state index in [1.165, 1.54) is 25.7 Å². The second-order valence-corrected chi connectivity index (χ2v) is 8.86. The molecule has 0 fully saturated rings. The highest BCUT2D eigenvalue weighted by molar-refractivity contribution is 5.91. The van der Waals surface area contributed by atoms with E-state index in [2.05, 4.69) is 20.8 Å². The summed E-state index contributed by atoms with van der Waals surface area (Å²) in [5.41, 5.74) is 0.426. The number of hydrogen-bond acceptors (Lipinski definition) is 6. The minimum atomic E-state index is -0.731. The molecule has 6 heteroatoms. The van der Waals surface area contributed by atoms with Gasteiger partial charge in [0.05, 0.1) is 18.8 Å². The topological polar surface area (TPSA) is 71.1 Å². The van der Waals surface area contributed by atoms with Crippen molar-refractivity contribution in [3.05, 3.63) is 54.1 Å². The van der Waals surface area contributed by atoms with Crippen LogP contribution in [0.3, 0.4) is 0 Å². The number of carbonyl (C=O) groups excluding carboxylic acids is 2. The van der Waals surface area contributed by atoms with Crippen molar-refractivity contribution < 1.29 is 28.5 Å². The van der Waals surface area contributed by atoms with E-state index in [9.17, 15) is 9.59 Å². The predicted octanol–water partition coefficient (Wildman–Crippen LogP) is 7.99. The molecular formula is C29H40O6. The average molecular weight is 485 g/mol. The van der Waals surface area contributed by atoms with E-state index in [0.29, 0.717) is 36.2 Å². The summed E-state index contributed by atoms with van der Waals surface area (Å²) in [5.74, 6) is 1.65. The number of esters is 1. The molecule has 0 N–H and O–H groups in total. The van der Waals surface area contributed by atoms with E-state index in [-0.39, 0.29) is 0 Å². The minimum Gasteiger partial charge on any atom is -0.494 e. The largest absolute Gasteiger partial charge is 0.513 e. The molecule has 0 amide bonds. The minimum absolute atomic E-state index is 0.326. The van der Waals surface area contributed by atoms with Gasteiger partial charge in [-0.25, -0.2) is 9.59 Å². The smallest absolute Gasteiger partial charge is 0.494 e. The monoisotopic (exact) mass is 484 g/mol. The van der Waals surface area contributed by atoms with E-state index >= 15 is 0 Å². The van der Waals surface area contributed by atoms with E-state index in [4.69, 9.17) is 18.9 Å². The first-order valence-corrected chi connectivity index (χ1v) is 12.9. The van der Waals surface area contributed by atoms with Crippen LogP contribution in [-0.2, 0) is 4.74 Å². The van der Waals surface area contributed by atoms with Gasteiger partial charge in [0.1, 0.15) is 17.2 Å². The van der Waals surface area contributed by atoms with Crippen molar-refractivity contribution in [3.8, 4) is 17.2 Å². The van der Waals surface area contributed by atoms with Crippen LogP contribution in [0.1, 0.15) is 88.9 Å². The van der Waals surface area contributed by atoms with Crippen LogP contribution in [0.5, 0.6) is 17.2 Å². The van der Waals surface area contributed by atoms with Crippen LogP contribution >= 0.6 is 0 Å². The van der Waals surface area contributed by atoms with Crippen LogP contribution in [0.15, 0.2) is 48.5 Å². The van der Waals surface area contributed by atoms with E-state index in [0.717, 1.165) is 37.9 Å². The predicted molar refractivity (Wildman–Crippen MR) is 137 cm³/mol. The number of carbonyl (C=O) groups is 2. The molecule has 0 heterocycles. The van der Waals surface area contributed by atoms with Crippen molar-refractivity contribution in [1.82, 2.24) is 0 Å². The summed E-state index contributed by atoms with van der Waals surface area (Å²) in [6.07, 6.45) is 9.31. The van der Waals surface area contributed by atoms with Crippen LogP contribution in [0, 0.1) is 5.92 Å². The van der Waals surface area contributed by atoms with Gasteiger partial charge in [0.2, 0.25) is 0 Å². The van der Waals surface area contributed by atoms with Crippen molar-refractivity contribution in [1.29, 1.82) is 0 Å². The zero-order chi connectivity index (χ0) is 25.3. The Labute approximate surface area is 209 Å². The highest BCUT2D eigenvalue weighted by atomic mass is 16.7. The zero-order valence-electron chi connectivity index (χ0n) is 21.4. The molecule has 0 spiro atoms. The maximum absolute atomic E-state index is 12.4. The van der Waals surface area contributed by atoms with Gasteiger partial charge in [0.15, 0.2) is 0 Å². The third kappa shape index (κ3) is 11.8. The molecule has 2 aromatic carbocycles. The van der Waals surface area contributed by atoms with Crippen molar-refractivity contribution in [2.45, 2.75) is 78.6 Å². The number of ether oxygens (including phenoxy) is 4. The van der Waals surface area contributed by atoms with E-state index < -0.39 is 12.1 Å². The molecule has 35 heavy (non-hydrogen) atoms. The van der Waals surface area contributed by atoms with Gasteiger partial charge < -0.3 is 18.9 Å². The molecule has 1 unspecified atom stereocenters. The quantitative estimate of drug-likeness (QED) is 0.104. The summed E-state index contributed by atoms with van der Waals surface area (Å²) >= 11 is 0. The molecule has 0 saturated carbocycles. The van der Waals surface area contributed by atoms with Crippen LogP contribution in [0.25, 0.3) is 0 Å². The molecule has 1 atom stereocenters. The summed E-state index contributed by atoms with van der Waals surface area (Å²) in [6, 6.07) is 13.2. The Kier molecular flexibility index (Phi) is 13.4. The van der Waals surface area contributed by atoms with Gasteiger partial charge in [0.25, 0.3) is 0 Å². The summed E-state index contributed by atoms with van der Waals surface area (Å²) in [5, 5.41) is 0. The van der Waals surface area contributed by atoms with Crippen molar-refractivity contribution in [2.24, 2.45) is 5.92 Å². The van der Waals surface area contributed by atoms with Gasteiger partial charge in [0, 0.05) is 0 Å². The molecular weight excluding hydrogens is 444 g/mol. The fourth-order valence-electron chi connectivity index (χ4n) is 3.42. The van der Waals surface area contributed by atoms with Crippen molar-refractivity contribution in [3.63, 3.8) is 0 Å². The van der Waals surface area contributed by atoms with Crippen LogP contribution in [0.2, 0.25) is 0 Å². The highest BCUT2D eigenvalue weighted by Crippen LogP contribution is 2.20. The zero-order valence-corrected chi connectivity index (χ0v) is 21.4. The lowest BCUT2D eigenvalue weighted by Gasteiger charge is -2.10.